The van der Waals surface area contributed by atoms with Gasteiger partial charge in [-0.3, -0.25) is 8.37 Å². The summed E-state index contributed by atoms with van der Waals surface area (Å²) in [5.41, 5.74) is -0.752. The Morgan fingerprint density at radius 2 is 1.68 bits per heavy atom. The first kappa shape index (κ1) is 16.7. The first-order valence-electron chi connectivity index (χ1n) is 5.10. The zero-order chi connectivity index (χ0) is 14.3. The molecule has 10 nitrogen and oxygen atoms in total. The van der Waals surface area contributed by atoms with E-state index in [0.29, 0.717) is 42.3 Å². The predicted molar refractivity (Wildman–Crippen MR) is 68.9 cm³/mol. The van der Waals surface area contributed by atoms with E-state index in [9.17, 15) is 9.36 Å². The van der Waals surface area contributed by atoms with Gasteiger partial charge in [-0.05, 0) is 24.3 Å². The zero-order valence-corrected chi connectivity index (χ0v) is 12.9. The molecule has 1 aromatic heterocycles. The van der Waals surface area contributed by atoms with Crippen molar-refractivity contribution in [3.05, 3.63) is 10.5 Å². The van der Waals surface area contributed by atoms with Crippen molar-refractivity contribution >= 4 is 32.4 Å². The molecule has 0 spiro atoms. The summed E-state index contributed by atoms with van der Waals surface area (Å²) < 4.78 is 33.2. The van der Waals surface area contributed by atoms with E-state index in [4.69, 9.17) is 16.3 Å². The number of hydrogen-bond acceptors (Lipinski definition) is 10. The molecule has 0 aliphatic rings. The predicted octanol–water partition coefficient (Wildman–Crippen LogP) is 1.17. The third-order valence-corrected chi connectivity index (χ3v) is 4.89. The van der Waals surface area contributed by atoms with Crippen LogP contribution >= 0.6 is 32.4 Å². The topological polar surface area (TPSA) is 107 Å². The van der Waals surface area contributed by atoms with Gasteiger partial charge < -0.3 is 0 Å². The molecule has 1 rings (SSSR count). The van der Waals surface area contributed by atoms with E-state index in [0.717, 1.165) is 4.68 Å². The highest BCUT2D eigenvalue weighted by Crippen LogP contribution is 2.54. The Bertz CT molecular complexity index is 478. The van der Waals surface area contributed by atoms with Crippen LogP contribution in [0.3, 0.4) is 0 Å². The largest absolute Gasteiger partial charge is 0.487 e. The van der Waals surface area contributed by atoms with Crippen LogP contribution in [0.15, 0.2) is 4.79 Å². The van der Waals surface area contributed by atoms with Crippen molar-refractivity contribution in [3.8, 4) is 0 Å². The number of tetrazole rings is 1. The van der Waals surface area contributed by atoms with Gasteiger partial charge >= 0.3 is 13.4 Å². The third kappa shape index (κ3) is 4.60. The van der Waals surface area contributed by atoms with E-state index in [2.05, 4.69) is 10.4 Å². The van der Waals surface area contributed by atoms with Crippen LogP contribution in [0.4, 0.5) is 0 Å². The van der Waals surface area contributed by atoms with Gasteiger partial charge in [-0.25, -0.2) is 9.36 Å². The second-order valence-electron chi connectivity index (χ2n) is 2.84. The molecule has 1 aromatic rings. The molecule has 0 saturated heterocycles. The summed E-state index contributed by atoms with van der Waals surface area (Å²) in [6, 6.07) is 0. The minimum atomic E-state index is -4.06. The quantitative estimate of drug-likeness (QED) is 0.371. The average molecular weight is 332 g/mol. The molecule has 110 valence electrons. The number of aryl methyl sites for hydroxylation is 1. The highest BCUT2D eigenvalue weighted by molar-refractivity contribution is 7.97. The summed E-state index contributed by atoms with van der Waals surface area (Å²) in [4.78, 5) is 11.6. The van der Waals surface area contributed by atoms with Gasteiger partial charge in [-0.15, -0.1) is 0 Å². The average Bonchev–Trinajstić information content (AvgIpc) is 2.71. The molecule has 0 aliphatic heterocycles. The number of hydrogen-bond donors (Lipinski definition) is 0. The zero-order valence-electron chi connectivity index (χ0n) is 10.4. The molecule has 1 heterocycles. The fraction of sp³-hybridized carbons (Fsp3) is 0.833. The maximum atomic E-state index is 12.4. The van der Waals surface area contributed by atoms with E-state index in [1.165, 1.54) is 7.05 Å². The maximum absolute atomic E-state index is 12.4. The number of nitrogens with zero attached hydrogens (tertiary/aromatic N) is 4. The molecule has 0 amide bonds. The molecule has 0 atom stereocenters. The molecule has 0 aromatic carbocycles. The minimum absolute atomic E-state index is 0.318. The van der Waals surface area contributed by atoms with Crippen molar-refractivity contribution < 1.29 is 20.9 Å². The Morgan fingerprint density at radius 1 is 1.16 bits per heavy atom. The lowest BCUT2D eigenvalue weighted by molar-refractivity contribution is 0.327. The highest BCUT2D eigenvalue weighted by atomic mass is 32.2. The highest BCUT2D eigenvalue weighted by Gasteiger charge is 2.35. The van der Waals surface area contributed by atoms with Crippen molar-refractivity contribution in [2.45, 2.75) is 13.8 Å². The lowest BCUT2D eigenvalue weighted by Crippen LogP contribution is -2.22. The normalized spacial score (nSPS) is 11.9. The van der Waals surface area contributed by atoms with Crippen molar-refractivity contribution in [2.75, 3.05) is 13.2 Å². The molecule has 19 heavy (non-hydrogen) atoms. The Kier molecular flexibility index (Phi) is 7.07. The van der Waals surface area contributed by atoms with Gasteiger partial charge in [0.1, 0.15) is 0 Å². The Labute approximate surface area is 118 Å². The maximum Gasteiger partial charge on any atom is 0.487 e. The first-order valence-corrected chi connectivity index (χ1v) is 7.93. The van der Waals surface area contributed by atoms with Crippen LogP contribution in [0.2, 0.25) is 0 Å². The van der Waals surface area contributed by atoms with Gasteiger partial charge in [0.15, 0.2) is 24.6 Å². The van der Waals surface area contributed by atoms with Crippen LogP contribution in [0.1, 0.15) is 13.8 Å². The van der Waals surface area contributed by atoms with Gasteiger partial charge in [0.05, 0.1) is 13.2 Å². The van der Waals surface area contributed by atoms with Crippen molar-refractivity contribution in [3.63, 3.8) is 0 Å². The summed E-state index contributed by atoms with van der Waals surface area (Å²) in [6.07, 6.45) is 0. The molecule has 0 radical (unpaired) electrons. The molecule has 0 unspecified atom stereocenters. The van der Waals surface area contributed by atoms with Crippen LogP contribution in [0, 0.1) is 0 Å². The fourth-order valence-electron chi connectivity index (χ4n) is 0.749. The second kappa shape index (κ2) is 8.04. The van der Waals surface area contributed by atoms with Crippen LogP contribution < -0.4 is 5.69 Å². The van der Waals surface area contributed by atoms with E-state index >= 15 is 0 Å². The third-order valence-electron chi connectivity index (χ3n) is 1.52. The van der Waals surface area contributed by atoms with Crippen LogP contribution in [-0.4, -0.2) is 32.8 Å². The van der Waals surface area contributed by atoms with Crippen molar-refractivity contribution in [1.82, 2.24) is 19.6 Å². The number of rotatable bonds is 9. The Morgan fingerprint density at radius 3 is 2.05 bits per heavy atom. The molecular weight excluding hydrogens is 319 g/mol. The summed E-state index contributed by atoms with van der Waals surface area (Å²) in [7, 11) is -2.71. The summed E-state index contributed by atoms with van der Waals surface area (Å²) in [5, 5.41) is 6.83. The molecule has 0 N–H and O–H groups in total. The standard InChI is InChI=1S/C6H13N4O6PS2/c1-4-13-18-15-17(12,16-19-14-5-2)10-6(11)9(3)7-8-10/h4-5H2,1-3H3. The molecule has 0 aliphatic carbocycles. The minimum Gasteiger partial charge on any atom is -0.291 e. The van der Waals surface area contributed by atoms with E-state index in [-0.39, 0.29) is 0 Å². The van der Waals surface area contributed by atoms with Gasteiger partial charge in [0, 0.05) is 7.05 Å². The molecular formula is C6H13N4O6PS2. The summed E-state index contributed by atoms with van der Waals surface area (Å²) in [5.74, 6) is 0. The molecule has 0 bridgehead atoms. The molecule has 13 heteroatoms. The second-order valence-corrected chi connectivity index (χ2v) is 6.09. The monoisotopic (exact) mass is 332 g/mol. The number of aromatic nitrogens is 4. The summed E-state index contributed by atoms with van der Waals surface area (Å²) >= 11 is 0.875. The SMILES string of the molecule is CCOSOP(=O)(OSOCC)n1nnn(C)c1=O. The Hall–Kier alpha value is -0.360. The Balaban J connectivity index is 2.87. The molecule has 0 fully saturated rings. The lowest BCUT2D eigenvalue weighted by Gasteiger charge is -2.12. The van der Waals surface area contributed by atoms with Crippen LogP contribution in [0.25, 0.3) is 0 Å². The van der Waals surface area contributed by atoms with Gasteiger partial charge in [-0.2, -0.15) is 12.6 Å². The smallest absolute Gasteiger partial charge is 0.291 e. The van der Waals surface area contributed by atoms with Crippen LogP contribution in [0.5, 0.6) is 0 Å². The van der Waals surface area contributed by atoms with Crippen molar-refractivity contribution in [1.29, 1.82) is 0 Å². The van der Waals surface area contributed by atoms with Gasteiger partial charge in [-0.1, -0.05) is 4.45 Å². The lowest BCUT2D eigenvalue weighted by atomic mass is 10.9. The van der Waals surface area contributed by atoms with Crippen LogP contribution in [-0.2, 0) is 27.9 Å². The van der Waals surface area contributed by atoms with Gasteiger partial charge in [0.2, 0.25) is 0 Å². The molecule has 0 saturated carbocycles. The first-order chi connectivity index (χ1) is 9.05. The van der Waals surface area contributed by atoms with Gasteiger partial charge in [0.25, 0.3) is 0 Å². The fourth-order valence-corrected chi connectivity index (χ4v) is 3.20. The van der Waals surface area contributed by atoms with E-state index in [1.54, 1.807) is 13.8 Å². The van der Waals surface area contributed by atoms with Crippen molar-refractivity contribution in [2.24, 2.45) is 7.05 Å². The van der Waals surface area contributed by atoms with E-state index in [1.807, 2.05) is 0 Å². The van der Waals surface area contributed by atoms with E-state index < -0.39 is 13.4 Å². The summed E-state index contributed by atoms with van der Waals surface area (Å²) in [6.45, 7) is 4.06.